The summed E-state index contributed by atoms with van der Waals surface area (Å²) in [6.45, 7) is 0. The molecule has 0 saturated heterocycles. The molecule has 0 aliphatic carbocycles. The average Bonchev–Trinajstić information content (AvgIpc) is 2.84. The number of hydrogen-bond donors (Lipinski definition) is 3. The molecule has 2 heterocycles. The van der Waals surface area contributed by atoms with Crippen molar-refractivity contribution < 1.29 is 4.42 Å². The Hall–Kier alpha value is -1.21. The average molecular weight is 361 g/mol. The van der Waals surface area contributed by atoms with Crippen molar-refractivity contribution in [3.05, 3.63) is 36.2 Å². The number of nitrogens with zero attached hydrogens (tertiary/aromatic N) is 2. The lowest BCUT2D eigenvalue weighted by molar-refractivity contribution is 0.548. The number of aromatic nitrogens is 2. The van der Waals surface area contributed by atoms with E-state index in [1.54, 1.807) is 12.3 Å². The van der Waals surface area contributed by atoms with Crippen molar-refractivity contribution in [1.82, 2.24) is 9.97 Å². The Bertz CT molecular complexity index is 530. The first-order valence-electron chi connectivity index (χ1n) is 4.57. The summed E-state index contributed by atoms with van der Waals surface area (Å²) in [5, 5.41) is 11.2. The van der Waals surface area contributed by atoms with E-state index >= 15 is 0 Å². The summed E-state index contributed by atoms with van der Waals surface area (Å²) in [7, 11) is 0. The predicted octanol–water partition coefficient (Wildman–Crippen LogP) is 2.42. The maximum atomic E-state index is 8.05. The van der Waals surface area contributed by atoms with E-state index in [0.717, 1.165) is 5.69 Å². The van der Waals surface area contributed by atoms with Gasteiger partial charge < -0.3 is 15.2 Å². The van der Waals surface area contributed by atoms with Crippen LogP contribution in [0.3, 0.4) is 0 Å². The van der Waals surface area contributed by atoms with E-state index in [2.05, 4.69) is 37.1 Å². The van der Waals surface area contributed by atoms with E-state index < -0.39 is 0 Å². The van der Waals surface area contributed by atoms with Gasteiger partial charge in [0.25, 0.3) is 0 Å². The molecule has 17 heavy (non-hydrogen) atoms. The van der Waals surface area contributed by atoms with Crippen molar-refractivity contribution >= 4 is 45.6 Å². The lowest BCUT2D eigenvalue weighted by atomic mass is 10.1. The molecule has 0 spiro atoms. The fraction of sp³-hybridized carbons (Fsp3) is 0. The molecule has 0 fully saturated rings. The third-order valence-electron chi connectivity index (χ3n) is 2.06. The third-order valence-corrected chi connectivity index (χ3v) is 3.23. The van der Waals surface area contributed by atoms with Crippen LogP contribution >= 0.6 is 28.4 Å². The monoisotopic (exact) mass is 361 g/mol. The van der Waals surface area contributed by atoms with Gasteiger partial charge in [0.15, 0.2) is 12.2 Å². The molecular weight excluding hydrogens is 352 g/mol. The van der Waals surface area contributed by atoms with Crippen molar-refractivity contribution in [3.8, 4) is 0 Å². The van der Waals surface area contributed by atoms with Crippen molar-refractivity contribution in [1.29, 1.82) is 5.41 Å². The number of anilines is 2. The van der Waals surface area contributed by atoms with Crippen LogP contribution in [0.4, 0.5) is 11.5 Å². The molecule has 0 radical (unpaired) electrons. The molecule has 0 bridgehead atoms. The zero-order chi connectivity index (χ0) is 12.3. The van der Waals surface area contributed by atoms with Gasteiger partial charge in [0.1, 0.15) is 11.5 Å². The van der Waals surface area contributed by atoms with Gasteiger partial charge in [0, 0.05) is 11.9 Å². The van der Waals surface area contributed by atoms with Crippen LogP contribution in [-0.2, 0) is 0 Å². The highest BCUT2D eigenvalue weighted by molar-refractivity contribution is 14.2. The van der Waals surface area contributed by atoms with Crippen molar-refractivity contribution in [2.75, 3.05) is 10.8 Å². The molecule has 4 N–H and O–H groups in total. The van der Waals surface area contributed by atoms with E-state index in [0.29, 0.717) is 23.5 Å². The number of rotatable bonds is 4. The van der Waals surface area contributed by atoms with Crippen LogP contribution < -0.4 is 10.8 Å². The second-order valence-corrected chi connectivity index (χ2v) is 5.17. The van der Waals surface area contributed by atoms with Crippen LogP contribution in [-0.4, -0.2) is 15.7 Å². The number of oxazole rings is 1. The normalized spacial score (nSPS) is 10.9. The molecule has 0 aromatic carbocycles. The molecule has 2 aromatic rings. The summed E-state index contributed by atoms with van der Waals surface area (Å²) in [6, 6.07) is 1.64. The van der Waals surface area contributed by atoms with Gasteiger partial charge in [0.2, 0.25) is 0 Å². The molecule has 8 heteroatoms. The van der Waals surface area contributed by atoms with E-state index in [-0.39, 0.29) is 5.71 Å². The Morgan fingerprint density at radius 3 is 3.00 bits per heavy atom. The fourth-order valence-electron chi connectivity index (χ4n) is 1.30. The minimum atomic E-state index is 0.230. The number of halogens is 1. The lowest BCUT2D eigenvalue weighted by Gasteiger charge is -2.09. The molecular formula is C9H9IN5OP. The molecule has 88 valence electrons. The molecule has 1 atom stereocenters. The van der Waals surface area contributed by atoms with Crippen LogP contribution in [0, 0.1) is 5.41 Å². The molecule has 0 aliphatic rings. The first-order valence-corrected chi connectivity index (χ1v) is 8.68. The van der Waals surface area contributed by atoms with Crippen LogP contribution in [0.1, 0.15) is 11.3 Å². The summed E-state index contributed by atoms with van der Waals surface area (Å²) in [4.78, 5) is 7.79. The van der Waals surface area contributed by atoms with Gasteiger partial charge in [-0.05, 0) is 28.1 Å². The first-order chi connectivity index (χ1) is 8.22. The first kappa shape index (κ1) is 12.3. The van der Waals surface area contributed by atoms with E-state index in [9.17, 15) is 0 Å². The summed E-state index contributed by atoms with van der Waals surface area (Å²) < 4.78 is 5.10. The highest BCUT2D eigenvalue weighted by atomic mass is 127. The minimum Gasteiger partial charge on any atom is -0.442 e. The Labute approximate surface area is 112 Å². The molecule has 0 aliphatic heterocycles. The van der Waals surface area contributed by atoms with Gasteiger partial charge >= 0.3 is 0 Å². The lowest BCUT2D eigenvalue weighted by Crippen LogP contribution is -2.05. The fourth-order valence-corrected chi connectivity index (χ4v) is 2.47. The maximum Gasteiger partial charge on any atom is 0.181 e. The summed E-state index contributed by atoms with van der Waals surface area (Å²) in [6.07, 6.45) is 4.88. The highest BCUT2D eigenvalue weighted by Crippen LogP contribution is 2.28. The van der Waals surface area contributed by atoms with Gasteiger partial charge in [-0.25, -0.2) is 9.97 Å². The maximum absolute atomic E-state index is 8.05. The van der Waals surface area contributed by atoms with E-state index in [1.807, 2.05) is 0 Å². The summed E-state index contributed by atoms with van der Waals surface area (Å²) >= 11 is 2.20. The smallest absolute Gasteiger partial charge is 0.181 e. The SMILES string of the molecule is N=C(c1cnco1)c1cc(N)ncc1NPI. The Kier molecular flexibility index (Phi) is 3.90. The number of hydrogen-bond acceptors (Lipinski definition) is 6. The van der Waals surface area contributed by atoms with Crippen LogP contribution in [0.25, 0.3) is 0 Å². The van der Waals surface area contributed by atoms with Gasteiger partial charge in [-0.3, -0.25) is 5.41 Å². The Balaban J connectivity index is 2.42. The van der Waals surface area contributed by atoms with Crippen molar-refractivity contribution in [2.45, 2.75) is 0 Å². The Morgan fingerprint density at radius 2 is 2.35 bits per heavy atom. The van der Waals surface area contributed by atoms with E-state index in [1.165, 1.54) is 12.6 Å². The van der Waals surface area contributed by atoms with Crippen LogP contribution in [0.15, 0.2) is 29.3 Å². The molecule has 1 unspecified atom stereocenters. The van der Waals surface area contributed by atoms with Gasteiger partial charge in [-0.2, -0.15) is 0 Å². The molecule has 0 saturated carbocycles. The van der Waals surface area contributed by atoms with Crippen molar-refractivity contribution in [2.24, 2.45) is 0 Å². The largest absolute Gasteiger partial charge is 0.442 e. The number of nitrogen functional groups attached to an aromatic ring is 1. The molecule has 2 rings (SSSR count). The zero-order valence-electron chi connectivity index (χ0n) is 8.57. The quantitative estimate of drug-likeness (QED) is 0.441. The van der Waals surface area contributed by atoms with Crippen LogP contribution in [0.2, 0.25) is 0 Å². The predicted molar refractivity (Wildman–Crippen MR) is 77.0 cm³/mol. The van der Waals surface area contributed by atoms with E-state index in [4.69, 9.17) is 15.6 Å². The molecule has 0 amide bonds. The number of nitrogens with one attached hydrogen (secondary N) is 2. The summed E-state index contributed by atoms with van der Waals surface area (Å²) in [5.74, 6) is 0.766. The topological polar surface area (TPSA) is 101 Å². The minimum absolute atomic E-state index is 0.230. The highest BCUT2D eigenvalue weighted by Gasteiger charge is 2.13. The second-order valence-electron chi connectivity index (χ2n) is 3.11. The standard InChI is InChI=1S/C9H9IN5OP/c10-17-15-6-2-14-8(11)1-5(6)9(12)7-3-13-4-16-7/h1-4,12,15,17H,(H2,11,14). The van der Waals surface area contributed by atoms with Gasteiger partial charge in [-0.1, -0.05) is 0 Å². The number of nitrogens with two attached hydrogens (primary N) is 1. The Morgan fingerprint density at radius 1 is 1.53 bits per heavy atom. The molecule has 6 nitrogen and oxygen atoms in total. The van der Waals surface area contributed by atoms with Crippen molar-refractivity contribution in [3.63, 3.8) is 0 Å². The summed E-state index contributed by atoms with van der Waals surface area (Å²) in [5.41, 5.74) is 7.27. The number of pyridine rings is 1. The second kappa shape index (κ2) is 5.42. The van der Waals surface area contributed by atoms with Gasteiger partial charge in [0.05, 0.1) is 18.1 Å². The van der Waals surface area contributed by atoms with Crippen LogP contribution in [0.5, 0.6) is 0 Å². The molecule has 2 aromatic heterocycles. The van der Waals surface area contributed by atoms with Gasteiger partial charge in [-0.15, -0.1) is 0 Å². The zero-order valence-corrected chi connectivity index (χ0v) is 11.7. The third kappa shape index (κ3) is 2.73.